The Morgan fingerprint density at radius 2 is 2.35 bits per heavy atom. The highest BCUT2D eigenvalue weighted by atomic mass is 16.5. The van der Waals surface area contributed by atoms with Gasteiger partial charge in [-0.25, -0.2) is 4.98 Å². The van der Waals surface area contributed by atoms with Crippen LogP contribution in [0.25, 0.3) is 0 Å². The fraction of sp³-hybridized carbons (Fsp3) is 0.769. The summed E-state index contributed by atoms with van der Waals surface area (Å²) in [4.78, 5) is 4.71. The molecule has 17 heavy (non-hydrogen) atoms. The molecule has 0 amide bonds. The van der Waals surface area contributed by atoms with E-state index in [4.69, 9.17) is 9.72 Å². The number of imidazole rings is 1. The maximum absolute atomic E-state index is 9.20. The predicted molar refractivity (Wildman–Crippen MR) is 63.8 cm³/mol. The number of aromatic nitrogens is 2. The van der Waals surface area contributed by atoms with Crippen molar-refractivity contribution in [2.24, 2.45) is 11.8 Å². The lowest BCUT2D eigenvalue weighted by atomic mass is 10.0. The van der Waals surface area contributed by atoms with Gasteiger partial charge in [-0.2, -0.15) is 0 Å². The molecular formula is C13H20N2O2. The van der Waals surface area contributed by atoms with Gasteiger partial charge in [-0.1, -0.05) is 0 Å². The molecular weight excluding hydrogens is 216 g/mol. The third-order valence-corrected chi connectivity index (χ3v) is 3.92. The number of ether oxygens (including phenoxy) is 1. The highest BCUT2D eigenvalue weighted by molar-refractivity contribution is 5.08. The van der Waals surface area contributed by atoms with Crippen LogP contribution < -0.4 is 0 Å². The highest BCUT2D eigenvalue weighted by Crippen LogP contribution is 2.22. The van der Waals surface area contributed by atoms with Gasteiger partial charge in [0.1, 0.15) is 5.82 Å². The van der Waals surface area contributed by atoms with Crippen molar-refractivity contribution in [1.82, 2.24) is 9.55 Å². The van der Waals surface area contributed by atoms with Gasteiger partial charge < -0.3 is 14.4 Å². The molecule has 2 aliphatic rings. The molecule has 2 aliphatic heterocycles. The van der Waals surface area contributed by atoms with Crippen LogP contribution in [0.4, 0.5) is 0 Å². The molecule has 0 aromatic carbocycles. The SMILES string of the molecule is OCC1CCc2nc(CC3CCOC3)cn2C1. The normalized spacial score (nSPS) is 28.3. The van der Waals surface area contributed by atoms with E-state index in [1.807, 2.05) is 0 Å². The second-order valence-electron chi connectivity index (χ2n) is 5.32. The quantitative estimate of drug-likeness (QED) is 0.852. The van der Waals surface area contributed by atoms with Crippen molar-refractivity contribution in [3.8, 4) is 0 Å². The average Bonchev–Trinajstić information content (AvgIpc) is 2.96. The summed E-state index contributed by atoms with van der Waals surface area (Å²) < 4.78 is 7.63. The van der Waals surface area contributed by atoms with Gasteiger partial charge in [0.15, 0.2) is 0 Å². The van der Waals surface area contributed by atoms with E-state index in [1.54, 1.807) is 0 Å². The van der Waals surface area contributed by atoms with Crippen molar-refractivity contribution in [2.45, 2.75) is 32.2 Å². The summed E-state index contributed by atoms with van der Waals surface area (Å²) in [6, 6.07) is 0. The Morgan fingerprint density at radius 1 is 1.41 bits per heavy atom. The Morgan fingerprint density at radius 3 is 3.12 bits per heavy atom. The highest BCUT2D eigenvalue weighted by Gasteiger charge is 2.22. The van der Waals surface area contributed by atoms with Crippen LogP contribution in [0.5, 0.6) is 0 Å². The molecule has 2 unspecified atom stereocenters. The summed E-state index contributed by atoms with van der Waals surface area (Å²) in [7, 11) is 0. The summed E-state index contributed by atoms with van der Waals surface area (Å²) in [6.07, 6.45) is 6.46. The molecule has 0 saturated carbocycles. The van der Waals surface area contributed by atoms with Crippen LogP contribution in [0.3, 0.4) is 0 Å². The molecule has 0 bridgehead atoms. The van der Waals surface area contributed by atoms with E-state index in [1.165, 1.54) is 17.9 Å². The number of rotatable bonds is 3. The Hall–Kier alpha value is -0.870. The molecule has 4 heteroatoms. The Bertz CT molecular complexity index is 383. The number of nitrogens with zero attached hydrogens (tertiary/aromatic N) is 2. The molecule has 0 spiro atoms. The fourth-order valence-corrected chi connectivity index (χ4v) is 2.86. The summed E-state index contributed by atoms with van der Waals surface area (Å²) in [5.74, 6) is 2.27. The lowest BCUT2D eigenvalue weighted by Crippen LogP contribution is -2.22. The Balaban J connectivity index is 1.69. The van der Waals surface area contributed by atoms with Gasteiger partial charge in [0.2, 0.25) is 0 Å². The monoisotopic (exact) mass is 236 g/mol. The first-order valence-electron chi connectivity index (χ1n) is 6.58. The summed E-state index contributed by atoms with van der Waals surface area (Å²) in [5.41, 5.74) is 1.20. The van der Waals surface area contributed by atoms with Crippen molar-refractivity contribution >= 4 is 0 Å². The van der Waals surface area contributed by atoms with Gasteiger partial charge in [0.25, 0.3) is 0 Å². The minimum atomic E-state index is 0.295. The van der Waals surface area contributed by atoms with Crippen LogP contribution in [0.1, 0.15) is 24.4 Å². The van der Waals surface area contributed by atoms with Crippen LogP contribution in [0.2, 0.25) is 0 Å². The van der Waals surface area contributed by atoms with Gasteiger partial charge >= 0.3 is 0 Å². The van der Waals surface area contributed by atoms with Crippen LogP contribution in [0, 0.1) is 11.8 Å². The average molecular weight is 236 g/mol. The minimum absolute atomic E-state index is 0.295. The van der Waals surface area contributed by atoms with E-state index in [0.29, 0.717) is 18.4 Å². The first-order chi connectivity index (χ1) is 8.35. The molecule has 1 N–H and O–H groups in total. The van der Waals surface area contributed by atoms with Crippen molar-refractivity contribution in [3.63, 3.8) is 0 Å². The van der Waals surface area contributed by atoms with Crippen LogP contribution >= 0.6 is 0 Å². The smallest absolute Gasteiger partial charge is 0.108 e. The number of aliphatic hydroxyl groups excluding tert-OH is 1. The maximum Gasteiger partial charge on any atom is 0.108 e. The number of hydrogen-bond donors (Lipinski definition) is 1. The third kappa shape index (κ3) is 2.38. The summed E-state index contributed by atoms with van der Waals surface area (Å²) in [5, 5.41) is 9.20. The number of fused-ring (bicyclic) bond motifs is 1. The van der Waals surface area contributed by atoms with Crippen LogP contribution in [-0.2, 0) is 24.1 Å². The van der Waals surface area contributed by atoms with Gasteiger partial charge in [0.05, 0.1) is 5.69 Å². The van der Waals surface area contributed by atoms with Gasteiger partial charge in [0, 0.05) is 44.9 Å². The van der Waals surface area contributed by atoms with Gasteiger partial charge in [-0.05, 0) is 25.2 Å². The molecule has 1 saturated heterocycles. The topological polar surface area (TPSA) is 47.3 Å². The lowest BCUT2D eigenvalue weighted by molar-refractivity contribution is 0.185. The first kappa shape index (κ1) is 11.2. The fourth-order valence-electron chi connectivity index (χ4n) is 2.86. The first-order valence-corrected chi connectivity index (χ1v) is 6.58. The molecule has 3 heterocycles. The predicted octanol–water partition coefficient (Wildman–Crippen LogP) is 1.02. The van der Waals surface area contributed by atoms with Crippen LogP contribution in [0.15, 0.2) is 6.20 Å². The van der Waals surface area contributed by atoms with Crippen molar-refractivity contribution < 1.29 is 9.84 Å². The second kappa shape index (κ2) is 4.78. The van der Waals surface area contributed by atoms with Gasteiger partial charge in [-0.3, -0.25) is 0 Å². The molecule has 0 aliphatic carbocycles. The van der Waals surface area contributed by atoms with Crippen molar-refractivity contribution in [2.75, 3.05) is 19.8 Å². The Kier molecular flexibility index (Phi) is 3.16. The van der Waals surface area contributed by atoms with E-state index in [2.05, 4.69) is 10.8 Å². The lowest BCUT2D eigenvalue weighted by Gasteiger charge is -2.21. The Labute approximate surface area is 102 Å². The number of aryl methyl sites for hydroxylation is 1. The van der Waals surface area contributed by atoms with Crippen molar-refractivity contribution in [1.29, 1.82) is 0 Å². The van der Waals surface area contributed by atoms with Gasteiger partial charge in [-0.15, -0.1) is 0 Å². The molecule has 94 valence electrons. The number of hydrogen-bond acceptors (Lipinski definition) is 3. The number of aliphatic hydroxyl groups is 1. The van der Waals surface area contributed by atoms with E-state index < -0.39 is 0 Å². The van der Waals surface area contributed by atoms with Crippen molar-refractivity contribution in [3.05, 3.63) is 17.7 Å². The molecule has 0 radical (unpaired) electrons. The zero-order chi connectivity index (χ0) is 11.7. The maximum atomic E-state index is 9.20. The molecule has 2 atom stereocenters. The summed E-state index contributed by atoms with van der Waals surface area (Å²) >= 11 is 0. The molecule has 1 fully saturated rings. The van der Waals surface area contributed by atoms with E-state index in [-0.39, 0.29) is 0 Å². The third-order valence-electron chi connectivity index (χ3n) is 3.92. The zero-order valence-electron chi connectivity index (χ0n) is 10.1. The molecule has 1 aromatic rings. The summed E-state index contributed by atoms with van der Waals surface area (Å²) in [6.45, 7) is 3.02. The minimum Gasteiger partial charge on any atom is -0.396 e. The van der Waals surface area contributed by atoms with E-state index in [9.17, 15) is 5.11 Å². The second-order valence-corrected chi connectivity index (χ2v) is 5.32. The molecule has 4 nitrogen and oxygen atoms in total. The van der Waals surface area contributed by atoms with Crippen LogP contribution in [-0.4, -0.2) is 34.5 Å². The molecule has 3 rings (SSSR count). The standard InChI is InChI=1S/C13H20N2O2/c16-8-11-1-2-13-14-12(7-15(13)6-11)5-10-3-4-17-9-10/h7,10-11,16H,1-6,8-9H2. The zero-order valence-corrected chi connectivity index (χ0v) is 10.1. The van der Waals surface area contributed by atoms with E-state index >= 15 is 0 Å². The molecule has 1 aromatic heterocycles. The largest absolute Gasteiger partial charge is 0.396 e. The van der Waals surface area contributed by atoms with E-state index in [0.717, 1.165) is 39.0 Å².